The molecule has 1 N–H and O–H groups in total. The summed E-state index contributed by atoms with van der Waals surface area (Å²) in [6.07, 6.45) is 6.40. The zero-order chi connectivity index (χ0) is 22.2. The normalized spacial score (nSPS) is 24.4. The summed E-state index contributed by atoms with van der Waals surface area (Å²) < 4.78 is 5.04. The number of likely N-dealkylation sites (tertiary alicyclic amines) is 1. The van der Waals surface area contributed by atoms with E-state index in [9.17, 15) is 14.7 Å². The molecule has 1 saturated heterocycles. The molecular formula is C23H26N4O4S. The lowest BCUT2D eigenvalue weighted by Gasteiger charge is -2.47. The summed E-state index contributed by atoms with van der Waals surface area (Å²) in [5, 5.41) is 10.00. The van der Waals surface area contributed by atoms with Crippen LogP contribution in [0.3, 0.4) is 0 Å². The SMILES string of the molecule is COC(=O)N1c2cc(CN3CC4CCCC(C3)C4CC(=O)O)ccc2Sc2nccnc21. The number of nitrogens with zero attached hydrogens (tertiary/aromatic N) is 4. The van der Waals surface area contributed by atoms with Crippen molar-refractivity contribution >= 4 is 35.3 Å². The zero-order valence-corrected chi connectivity index (χ0v) is 18.8. The van der Waals surface area contributed by atoms with Crippen molar-refractivity contribution in [1.29, 1.82) is 0 Å². The van der Waals surface area contributed by atoms with Gasteiger partial charge in [-0.25, -0.2) is 19.7 Å². The summed E-state index contributed by atoms with van der Waals surface area (Å²) in [7, 11) is 1.36. The van der Waals surface area contributed by atoms with Gasteiger partial charge in [0.25, 0.3) is 0 Å². The minimum atomic E-state index is -0.682. The van der Waals surface area contributed by atoms with Gasteiger partial charge in [-0.05, 0) is 48.3 Å². The number of carboxylic acids is 1. The van der Waals surface area contributed by atoms with Crippen LogP contribution >= 0.6 is 11.8 Å². The van der Waals surface area contributed by atoms with Crippen molar-refractivity contribution in [3.63, 3.8) is 0 Å². The second-order valence-corrected chi connectivity index (χ2v) is 9.83. The van der Waals surface area contributed by atoms with Crippen LogP contribution in [0.15, 0.2) is 40.5 Å². The van der Waals surface area contributed by atoms with Crippen molar-refractivity contribution in [2.45, 2.75) is 42.1 Å². The number of anilines is 2. The molecule has 2 bridgehead atoms. The van der Waals surface area contributed by atoms with Gasteiger partial charge >= 0.3 is 12.1 Å². The van der Waals surface area contributed by atoms with Gasteiger partial charge in [0.05, 0.1) is 12.8 Å². The lowest BCUT2D eigenvalue weighted by atomic mass is 9.67. The van der Waals surface area contributed by atoms with Crippen LogP contribution in [0.4, 0.5) is 16.3 Å². The first-order chi connectivity index (χ1) is 15.5. The Morgan fingerprint density at radius 2 is 1.94 bits per heavy atom. The van der Waals surface area contributed by atoms with Crippen LogP contribution in [-0.4, -0.2) is 52.2 Å². The molecule has 1 aromatic heterocycles. The number of rotatable bonds is 4. The Balaban J connectivity index is 1.38. The highest BCUT2D eigenvalue weighted by Crippen LogP contribution is 2.47. The van der Waals surface area contributed by atoms with Gasteiger partial charge in [-0.2, -0.15) is 0 Å². The maximum atomic E-state index is 12.6. The lowest BCUT2D eigenvalue weighted by molar-refractivity contribution is -0.140. The fraction of sp³-hybridized carbons (Fsp3) is 0.478. The molecule has 1 saturated carbocycles. The molecule has 3 aliphatic rings. The molecule has 3 heterocycles. The van der Waals surface area contributed by atoms with Crippen LogP contribution in [-0.2, 0) is 16.1 Å². The Bertz CT molecular complexity index is 1030. The number of aromatic nitrogens is 2. The fourth-order valence-corrected chi connectivity index (χ4v) is 6.48. The fourth-order valence-electron chi connectivity index (χ4n) is 5.53. The highest BCUT2D eigenvalue weighted by molar-refractivity contribution is 7.99. The summed E-state index contributed by atoms with van der Waals surface area (Å²) in [6.45, 7) is 2.62. The van der Waals surface area contributed by atoms with E-state index in [1.54, 1.807) is 12.4 Å². The number of carboxylic acid groups (broad SMARTS) is 1. The second-order valence-electron chi connectivity index (χ2n) is 8.80. The van der Waals surface area contributed by atoms with Crippen molar-refractivity contribution in [2.24, 2.45) is 17.8 Å². The zero-order valence-electron chi connectivity index (χ0n) is 17.9. The van der Waals surface area contributed by atoms with E-state index in [1.165, 1.54) is 30.2 Å². The van der Waals surface area contributed by atoms with E-state index in [0.29, 0.717) is 28.6 Å². The number of methoxy groups -OCH3 is 1. The molecule has 2 aliphatic heterocycles. The van der Waals surface area contributed by atoms with Crippen molar-refractivity contribution in [3.05, 3.63) is 36.2 Å². The molecule has 5 rings (SSSR count). The Labute approximate surface area is 191 Å². The van der Waals surface area contributed by atoms with Gasteiger partial charge in [0.2, 0.25) is 0 Å². The average molecular weight is 455 g/mol. The predicted octanol–water partition coefficient (Wildman–Crippen LogP) is 4.17. The van der Waals surface area contributed by atoms with Gasteiger partial charge in [-0.3, -0.25) is 9.69 Å². The van der Waals surface area contributed by atoms with Gasteiger partial charge in [0.15, 0.2) is 5.82 Å². The third-order valence-electron chi connectivity index (χ3n) is 6.85. The van der Waals surface area contributed by atoms with Crippen LogP contribution in [0.25, 0.3) is 0 Å². The summed E-state index contributed by atoms with van der Waals surface area (Å²) in [4.78, 5) is 37.6. The van der Waals surface area contributed by atoms with E-state index < -0.39 is 12.1 Å². The number of ether oxygens (including phenoxy) is 1. The summed E-state index contributed by atoms with van der Waals surface area (Å²) in [5.74, 6) is 0.986. The quantitative estimate of drug-likeness (QED) is 0.735. The monoisotopic (exact) mass is 454 g/mol. The first-order valence-electron chi connectivity index (χ1n) is 11.0. The third kappa shape index (κ3) is 3.95. The molecule has 1 amide bonds. The van der Waals surface area contributed by atoms with E-state index >= 15 is 0 Å². The van der Waals surface area contributed by atoms with Crippen molar-refractivity contribution in [3.8, 4) is 0 Å². The Morgan fingerprint density at radius 3 is 2.66 bits per heavy atom. The molecule has 2 unspecified atom stereocenters. The topological polar surface area (TPSA) is 95.9 Å². The van der Waals surface area contributed by atoms with Crippen molar-refractivity contribution in [1.82, 2.24) is 14.9 Å². The molecule has 0 radical (unpaired) electrons. The van der Waals surface area contributed by atoms with E-state index in [4.69, 9.17) is 4.74 Å². The number of hydrogen-bond donors (Lipinski definition) is 1. The number of fused-ring (bicyclic) bond motifs is 4. The van der Waals surface area contributed by atoms with Gasteiger partial charge < -0.3 is 9.84 Å². The number of amides is 1. The molecule has 8 nitrogen and oxygen atoms in total. The van der Waals surface area contributed by atoms with Crippen LogP contribution in [0.2, 0.25) is 0 Å². The minimum absolute atomic E-state index is 0.285. The largest absolute Gasteiger partial charge is 0.481 e. The molecule has 2 atom stereocenters. The van der Waals surface area contributed by atoms with Gasteiger partial charge in [0.1, 0.15) is 5.03 Å². The molecule has 1 aromatic carbocycles. The molecule has 2 fully saturated rings. The van der Waals surface area contributed by atoms with E-state index in [1.807, 2.05) is 12.1 Å². The maximum absolute atomic E-state index is 12.6. The lowest BCUT2D eigenvalue weighted by Crippen LogP contribution is -2.48. The number of benzene rings is 1. The van der Waals surface area contributed by atoms with Crippen LogP contribution < -0.4 is 4.90 Å². The standard InChI is InChI=1S/C23H26N4O4S/c1-31-23(30)27-18-9-14(5-6-19(18)32-22-21(27)24-7-8-25-22)11-26-12-15-3-2-4-16(13-26)17(15)10-20(28)29/h5-9,15-17H,2-4,10-13H2,1H3,(H,28,29). The van der Waals surface area contributed by atoms with Crippen molar-refractivity contribution in [2.75, 3.05) is 25.1 Å². The minimum Gasteiger partial charge on any atom is -0.481 e. The molecule has 1 aliphatic carbocycles. The maximum Gasteiger partial charge on any atom is 0.420 e. The Kier molecular flexibility index (Phi) is 5.77. The Morgan fingerprint density at radius 1 is 1.19 bits per heavy atom. The first kappa shape index (κ1) is 21.2. The van der Waals surface area contributed by atoms with Crippen LogP contribution in [0, 0.1) is 17.8 Å². The average Bonchev–Trinajstić information content (AvgIpc) is 2.77. The predicted molar refractivity (Wildman–Crippen MR) is 119 cm³/mol. The number of piperidine rings is 1. The van der Waals surface area contributed by atoms with Crippen LogP contribution in [0.5, 0.6) is 0 Å². The number of carbonyl (C=O) groups is 2. The van der Waals surface area contributed by atoms with Crippen LogP contribution in [0.1, 0.15) is 31.2 Å². The first-order valence-corrected chi connectivity index (χ1v) is 11.8. The molecular weight excluding hydrogens is 428 g/mol. The van der Waals surface area contributed by atoms with Crippen molar-refractivity contribution < 1.29 is 19.4 Å². The number of aliphatic carboxylic acids is 1. The number of carbonyl (C=O) groups excluding carboxylic acids is 1. The molecule has 32 heavy (non-hydrogen) atoms. The van der Waals surface area contributed by atoms with E-state index in [0.717, 1.165) is 48.6 Å². The van der Waals surface area contributed by atoms with Gasteiger partial charge in [-0.15, -0.1) is 0 Å². The van der Waals surface area contributed by atoms with Gasteiger partial charge in [-0.1, -0.05) is 24.2 Å². The molecule has 9 heteroatoms. The summed E-state index contributed by atoms with van der Waals surface area (Å²) >= 11 is 1.50. The van der Waals surface area contributed by atoms with E-state index in [2.05, 4.69) is 20.9 Å². The smallest absolute Gasteiger partial charge is 0.420 e. The molecule has 2 aromatic rings. The third-order valence-corrected chi connectivity index (χ3v) is 7.90. The molecule has 168 valence electrons. The highest BCUT2D eigenvalue weighted by atomic mass is 32.2. The Hall–Kier alpha value is -2.65. The highest BCUT2D eigenvalue weighted by Gasteiger charge is 2.40. The number of hydrogen-bond acceptors (Lipinski definition) is 7. The van der Waals surface area contributed by atoms with E-state index in [-0.39, 0.29) is 6.42 Å². The second kappa shape index (κ2) is 8.71. The molecule has 0 spiro atoms. The summed E-state index contributed by atoms with van der Waals surface area (Å²) in [5.41, 5.74) is 1.87. The summed E-state index contributed by atoms with van der Waals surface area (Å²) in [6, 6.07) is 6.17. The van der Waals surface area contributed by atoms with Gasteiger partial charge in [0, 0.05) is 43.3 Å².